The Balaban J connectivity index is 2.09. The van der Waals surface area contributed by atoms with E-state index < -0.39 is 11.9 Å². The number of phenols is 1. The summed E-state index contributed by atoms with van der Waals surface area (Å²) in [6.45, 7) is 3.63. The number of amides is 1. The third-order valence-electron chi connectivity index (χ3n) is 4.55. The number of aromatic hydroxyl groups is 1. The van der Waals surface area contributed by atoms with Gasteiger partial charge in [0, 0.05) is 10.0 Å². The third-order valence-corrected chi connectivity index (χ3v) is 7.73. The molecule has 1 aliphatic heterocycles. The van der Waals surface area contributed by atoms with E-state index in [1.54, 1.807) is 43.3 Å². The van der Waals surface area contributed by atoms with Gasteiger partial charge in [0.15, 0.2) is 11.5 Å². The van der Waals surface area contributed by atoms with E-state index >= 15 is 0 Å². The molecule has 3 rings (SSSR count). The molecule has 0 spiro atoms. The summed E-state index contributed by atoms with van der Waals surface area (Å²) in [5, 5.41) is 21.0. The molecular weight excluding hydrogens is 578 g/mol. The maximum atomic E-state index is 12.7. The molecule has 0 saturated heterocycles. The Morgan fingerprint density at radius 1 is 1.15 bits per heavy atom. The molecule has 0 aromatic heterocycles. The number of thioether (sulfide) groups is 1. The Morgan fingerprint density at radius 2 is 1.82 bits per heavy atom. The van der Waals surface area contributed by atoms with Gasteiger partial charge in [0.1, 0.15) is 16.4 Å². The van der Waals surface area contributed by atoms with Crippen molar-refractivity contribution in [2.45, 2.75) is 13.8 Å². The van der Waals surface area contributed by atoms with Crippen LogP contribution in [0.4, 0.5) is 0 Å². The molecule has 0 saturated carbocycles. The number of aryl methyl sites for hydroxylation is 1. The van der Waals surface area contributed by atoms with Crippen LogP contribution >= 0.6 is 43.6 Å². The first-order valence-electron chi connectivity index (χ1n) is 9.63. The molecule has 0 aliphatic carbocycles. The molecule has 2 aromatic carbocycles. The van der Waals surface area contributed by atoms with Crippen molar-refractivity contribution in [1.29, 1.82) is 0 Å². The lowest BCUT2D eigenvalue weighted by Crippen LogP contribution is -2.14. The third kappa shape index (κ3) is 5.34. The van der Waals surface area contributed by atoms with Crippen molar-refractivity contribution in [3.63, 3.8) is 0 Å². The summed E-state index contributed by atoms with van der Waals surface area (Å²) in [7, 11) is 1.41. The predicted octanol–water partition coefficient (Wildman–Crippen LogP) is 5.94. The minimum absolute atomic E-state index is 0.0312. The zero-order valence-electron chi connectivity index (χ0n) is 17.8. The van der Waals surface area contributed by atoms with Crippen LogP contribution in [0.1, 0.15) is 28.4 Å². The standard InChI is InChI=1S/C23H19Br2NO6S/c1-4-32-23(30)16-20(28)15(10-13-9-14(31-3)19(27)18(25)17(13)24)33-22(16)26-21(29)12-7-5-11(2)6-8-12/h5-10,27-28H,4H2,1-3H3/b15-10-,26-22?. The van der Waals surface area contributed by atoms with Crippen LogP contribution in [0.15, 0.2) is 60.5 Å². The van der Waals surface area contributed by atoms with Gasteiger partial charge in [-0.2, -0.15) is 0 Å². The van der Waals surface area contributed by atoms with E-state index in [1.165, 1.54) is 7.11 Å². The summed E-state index contributed by atoms with van der Waals surface area (Å²) in [4.78, 5) is 29.6. The van der Waals surface area contributed by atoms with E-state index in [0.29, 0.717) is 20.1 Å². The number of halogens is 2. The van der Waals surface area contributed by atoms with Gasteiger partial charge in [0.25, 0.3) is 5.91 Å². The number of carbonyl (C=O) groups is 2. The fraction of sp³-hybridized carbons (Fsp3) is 0.174. The van der Waals surface area contributed by atoms with Crippen molar-refractivity contribution in [1.82, 2.24) is 0 Å². The molecule has 0 bridgehead atoms. The largest absolute Gasteiger partial charge is 0.506 e. The molecule has 0 atom stereocenters. The van der Waals surface area contributed by atoms with E-state index in [9.17, 15) is 19.8 Å². The fourth-order valence-corrected chi connectivity index (χ4v) is 4.70. The van der Waals surface area contributed by atoms with Crippen molar-refractivity contribution in [3.05, 3.63) is 72.2 Å². The highest BCUT2D eigenvalue weighted by Crippen LogP contribution is 2.45. The molecule has 1 heterocycles. The Labute approximate surface area is 211 Å². The van der Waals surface area contributed by atoms with Crippen molar-refractivity contribution in [3.8, 4) is 11.5 Å². The number of ether oxygens (including phenoxy) is 2. The predicted molar refractivity (Wildman–Crippen MR) is 135 cm³/mol. The lowest BCUT2D eigenvalue weighted by Gasteiger charge is -2.10. The van der Waals surface area contributed by atoms with Gasteiger partial charge in [-0.05, 0) is 75.5 Å². The average Bonchev–Trinajstić information content (AvgIpc) is 3.09. The van der Waals surface area contributed by atoms with E-state index in [4.69, 9.17) is 9.47 Å². The highest BCUT2D eigenvalue weighted by atomic mass is 79.9. The quantitative estimate of drug-likeness (QED) is 0.412. The van der Waals surface area contributed by atoms with Gasteiger partial charge < -0.3 is 19.7 Å². The molecule has 1 aliphatic rings. The number of carbonyl (C=O) groups excluding carboxylic acids is 2. The summed E-state index contributed by atoms with van der Waals surface area (Å²) < 4.78 is 11.1. The van der Waals surface area contributed by atoms with Gasteiger partial charge in [-0.3, -0.25) is 4.79 Å². The first kappa shape index (κ1) is 25.1. The number of phenolic OH excluding ortho intramolecular Hbond substituents is 1. The molecule has 172 valence electrons. The Hall–Kier alpha value is -2.56. The lowest BCUT2D eigenvalue weighted by molar-refractivity contribution is -0.138. The van der Waals surface area contributed by atoms with E-state index in [0.717, 1.165) is 17.3 Å². The molecule has 0 unspecified atom stereocenters. The molecule has 10 heteroatoms. The number of benzene rings is 2. The summed E-state index contributed by atoms with van der Waals surface area (Å²) in [6.07, 6.45) is 1.58. The van der Waals surface area contributed by atoms with Crippen LogP contribution in [0, 0.1) is 6.92 Å². The first-order valence-corrected chi connectivity index (χ1v) is 12.0. The molecule has 1 amide bonds. The van der Waals surface area contributed by atoms with Gasteiger partial charge in [0.05, 0.1) is 23.1 Å². The average molecular weight is 597 g/mol. The Bertz CT molecular complexity index is 1220. The van der Waals surface area contributed by atoms with Crippen LogP contribution in [-0.2, 0) is 9.53 Å². The molecule has 0 radical (unpaired) electrons. The molecular formula is C23H19Br2NO6S. The number of esters is 1. The zero-order valence-corrected chi connectivity index (χ0v) is 21.8. The normalized spacial score (nSPS) is 15.9. The summed E-state index contributed by atoms with van der Waals surface area (Å²) in [5.41, 5.74) is 1.70. The van der Waals surface area contributed by atoms with Crippen molar-refractivity contribution in [2.24, 2.45) is 4.99 Å². The summed E-state index contributed by atoms with van der Waals surface area (Å²) >= 11 is 7.64. The van der Waals surface area contributed by atoms with E-state index in [2.05, 4.69) is 36.9 Å². The highest BCUT2D eigenvalue weighted by molar-refractivity contribution is 9.13. The number of hydrogen-bond acceptors (Lipinski definition) is 7. The molecule has 7 nitrogen and oxygen atoms in total. The van der Waals surface area contributed by atoms with E-state index in [1.807, 2.05) is 6.92 Å². The van der Waals surface area contributed by atoms with Gasteiger partial charge in [0.2, 0.25) is 0 Å². The topological polar surface area (TPSA) is 105 Å². The zero-order chi connectivity index (χ0) is 24.3. The van der Waals surface area contributed by atoms with Gasteiger partial charge in [-0.25, -0.2) is 9.79 Å². The van der Waals surface area contributed by atoms with Gasteiger partial charge in [-0.1, -0.05) is 29.5 Å². The number of nitrogens with zero attached hydrogens (tertiary/aromatic N) is 1. The number of aliphatic imine (C=N–C) groups is 1. The number of hydrogen-bond donors (Lipinski definition) is 2. The van der Waals surface area contributed by atoms with E-state index in [-0.39, 0.29) is 39.4 Å². The molecule has 0 fully saturated rings. The highest BCUT2D eigenvalue weighted by Gasteiger charge is 2.34. The number of aliphatic hydroxyl groups excluding tert-OH is 1. The van der Waals surface area contributed by atoms with Gasteiger partial charge >= 0.3 is 5.97 Å². The maximum Gasteiger partial charge on any atom is 0.344 e. The first-order chi connectivity index (χ1) is 15.7. The SMILES string of the molecule is CCOC(=O)C1=C(O)/C(=C/c2cc(OC)c(O)c(Br)c2Br)SC1=NC(=O)c1ccc(C)cc1. The minimum atomic E-state index is -0.787. The number of methoxy groups -OCH3 is 1. The van der Waals surface area contributed by atoms with Crippen LogP contribution in [0.2, 0.25) is 0 Å². The van der Waals surface area contributed by atoms with Crippen molar-refractivity contribution >= 4 is 66.6 Å². The Morgan fingerprint density at radius 3 is 2.42 bits per heavy atom. The second kappa shape index (κ2) is 10.6. The fourth-order valence-electron chi connectivity index (χ4n) is 2.86. The van der Waals surface area contributed by atoms with Crippen LogP contribution in [0.5, 0.6) is 11.5 Å². The number of aliphatic hydroxyl groups is 1. The monoisotopic (exact) mass is 595 g/mol. The maximum absolute atomic E-state index is 12.7. The molecule has 33 heavy (non-hydrogen) atoms. The summed E-state index contributed by atoms with van der Waals surface area (Å²) in [6, 6.07) is 8.41. The number of rotatable bonds is 5. The summed E-state index contributed by atoms with van der Waals surface area (Å²) in [5.74, 6) is -1.58. The smallest absolute Gasteiger partial charge is 0.344 e. The minimum Gasteiger partial charge on any atom is -0.506 e. The van der Waals surface area contributed by atoms with Crippen molar-refractivity contribution in [2.75, 3.05) is 13.7 Å². The van der Waals surface area contributed by atoms with Crippen molar-refractivity contribution < 1.29 is 29.3 Å². The van der Waals surface area contributed by atoms with Crippen LogP contribution in [-0.4, -0.2) is 40.8 Å². The lowest BCUT2D eigenvalue weighted by atomic mass is 10.1. The van der Waals surface area contributed by atoms with Crippen LogP contribution in [0.3, 0.4) is 0 Å². The second-order valence-corrected chi connectivity index (χ2v) is 9.40. The van der Waals surface area contributed by atoms with Crippen LogP contribution < -0.4 is 4.74 Å². The molecule has 2 aromatic rings. The Kier molecular flexibility index (Phi) is 8.04. The second-order valence-electron chi connectivity index (χ2n) is 6.79. The van der Waals surface area contributed by atoms with Crippen LogP contribution in [0.25, 0.3) is 6.08 Å². The van der Waals surface area contributed by atoms with Gasteiger partial charge in [-0.15, -0.1) is 0 Å². The molecule has 2 N–H and O–H groups in total.